The predicted octanol–water partition coefficient (Wildman–Crippen LogP) is 6.00. The Morgan fingerprint density at radius 2 is 1.95 bits per heavy atom. The first-order chi connectivity index (χ1) is 18.5. The maximum absolute atomic E-state index is 12.5. The molecule has 5 aromatic rings. The number of aromatic amines is 1. The lowest BCUT2D eigenvalue weighted by Gasteiger charge is -2.08. The van der Waals surface area contributed by atoms with E-state index in [-0.39, 0.29) is 11.9 Å². The number of nitrogens with zero attached hydrogens (tertiary/aromatic N) is 2. The van der Waals surface area contributed by atoms with Gasteiger partial charge in [-0.2, -0.15) is 5.10 Å². The lowest BCUT2D eigenvalue weighted by molar-refractivity contribution is -0.115. The van der Waals surface area contributed by atoms with Crippen molar-refractivity contribution >= 4 is 57.7 Å². The molecule has 0 aliphatic carbocycles. The standard InChI is InChI=1S/C29H26N6O2S/c1-19-13-27-24(16-26(19)33-28(36)15-23-8-4-12-38-23)25(34-35-27)10-9-20-5-2-7-22(14-20)32-29(37)31-18-21-6-3-11-30-17-21/h2-14,16-17H,15,18H2,1H3,(H,33,36)(H,34,35)(H2,31,32,37). The highest BCUT2D eigenvalue weighted by Gasteiger charge is 2.11. The van der Waals surface area contributed by atoms with Gasteiger partial charge in [0.2, 0.25) is 5.91 Å². The number of aryl methyl sites for hydroxylation is 1. The molecule has 0 aliphatic rings. The zero-order valence-corrected chi connectivity index (χ0v) is 21.5. The maximum atomic E-state index is 12.5. The fourth-order valence-corrected chi connectivity index (χ4v) is 4.68. The number of carbonyl (C=O) groups is 2. The Balaban J connectivity index is 1.26. The number of carbonyl (C=O) groups excluding carboxylic acids is 2. The summed E-state index contributed by atoms with van der Waals surface area (Å²) in [4.78, 5) is 29.9. The van der Waals surface area contributed by atoms with Crippen molar-refractivity contribution in [3.8, 4) is 0 Å². The van der Waals surface area contributed by atoms with Crippen LogP contribution in [0.3, 0.4) is 0 Å². The van der Waals surface area contributed by atoms with Gasteiger partial charge in [0.1, 0.15) is 0 Å². The van der Waals surface area contributed by atoms with Crippen LogP contribution in [-0.2, 0) is 17.8 Å². The number of rotatable bonds is 8. The predicted molar refractivity (Wildman–Crippen MR) is 153 cm³/mol. The lowest BCUT2D eigenvalue weighted by Crippen LogP contribution is -2.28. The van der Waals surface area contributed by atoms with Crippen molar-refractivity contribution in [3.05, 3.63) is 106 Å². The second-order valence-electron chi connectivity index (χ2n) is 8.75. The largest absolute Gasteiger partial charge is 0.334 e. The number of H-pyrrole nitrogens is 1. The summed E-state index contributed by atoms with van der Waals surface area (Å²) in [5.41, 5.74) is 5.86. The van der Waals surface area contributed by atoms with Gasteiger partial charge in [0.05, 0.1) is 17.6 Å². The monoisotopic (exact) mass is 522 g/mol. The van der Waals surface area contributed by atoms with E-state index in [9.17, 15) is 9.59 Å². The van der Waals surface area contributed by atoms with Crippen LogP contribution in [0.1, 0.15) is 27.3 Å². The summed E-state index contributed by atoms with van der Waals surface area (Å²) in [6.07, 6.45) is 7.60. The Morgan fingerprint density at radius 3 is 2.76 bits per heavy atom. The van der Waals surface area contributed by atoms with E-state index in [1.54, 1.807) is 23.7 Å². The van der Waals surface area contributed by atoms with Gasteiger partial charge in [-0.25, -0.2) is 4.79 Å². The Morgan fingerprint density at radius 1 is 1.03 bits per heavy atom. The first-order valence-corrected chi connectivity index (χ1v) is 12.9. The molecule has 4 N–H and O–H groups in total. The van der Waals surface area contributed by atoms with Gasteiger partial charge in [-0.15, -0.1) is 11.3 Å². The number of fused-ring (bicyclic) bond motifs is 1. The van der Waals surface area contributed by atoms with Crippen LogP contribution < -0.4 is 16.0 Å². The van der Waals surface area contributed by atoms with Crippen LogP contribution in [0.4, 0.5) is 16.2 Å². The maximum Gasteiger partial charge on any atom is 0.319 e. The Labute approximate surface area is 223 Å². The molecule has 38 heavy (non-hydrogen) atoms. The second kappa shape index (κ2) is 11.5. The van der Waals surface area contributed by atoms with Crippen molar-refractivity contribution in [2.75, 3.05) is 10.6 Å². The summed E-state index contributed by atoms with van der Waals surface area (Å²) < 4.78 is 0. The Kier molecular flexibility index (Phi) is 7.56. The third kappa shape index (κ3) is 6.32. The normalized spacial score (nSPS) is 11.1. The first kappa shape index (κ1) is 24.9. The van der Waals surface area contributed by atoms with E-state index in [0.717, 1.165) is 43.9 Å². The minimum Gasteiger partial charge on any atom is -0.334 e. The van der Waals surface area contributed by atoms with Crippen LogP contribution in [0.5, 0.6) is 0 Å². The van der Waals surface area contributed by atoms with Crippen molar-refractivity contribution < 1.29 is 9.59 Å². The van der Waals surface area contributed by atoms with Crippen LogP contribution >= 0.6 is 11.3 Å². The summed E-state index contributed by atoms with van der Waals surface area (Å²) in [5, 5.41) is 19.1. The average Bonchev–Trinajstić information content (AvgIpc) is 3.57. The molecule has 3 aromatic heterocycles. The van der Waals surface area contributed by atoms with E-state index in [1.807, 2.05) is 85.1 Å². The SMILES string of the molecule is Cc1cc2[nH]nc(C=Cc3cccc(NC(=O)NCc4cccnc4)c3)c2cc1NC(=O)Cc1cccs1. The van der Waals surface area contributed by atoms with E-state index in [1.165, 1.54) is 0 Å². The number of pyridine rings is 1. The summed E-state index contributed by atoms with van der Waals surface area (Å²) in [5.74, 6) is -0.0516. The molecule has 0 unspecified atom stereocenters. The van der Waals surface area contributed by atoms with Gasteiger partial charge in [0, 0.05) is 40.6 Å². The number of thiophene rings is 1. The molecule has 0 aliphatic heterocycles. The van der Waals surface area contributed by atoms with Gasteiger partial charge in [0.25, 0.3) is 0 Å². The van der Waals surface area contributed by atoms with Crippen molar-refractivity contribution in [2.24, 2.45) is 0 Å². The Hall–Kier alpha value is -4.76. The minimum absolute atomic E-state index is 0.0516. The zero-order chi connectivity index (χ0) is 26.3. The summed E-state index contributed by atoms with van der Waals surface area (Å²) in [6, 6.07) is 18.8. The number of benzene rings is 2. The fourth-order valence-electron chi connectivity index (χ4n) is 3.98. The van der Waals surface area contributed by atoms with Crippen molar-refractivity contribution in [3.63, 3.8) is 0 Å². The molecule has 8 nitrogen and oxygen atoms in total. The van der Waals surface area contributed by atoms with Gasteiger partial charge >= 0.3 is 6.03 Å². The van der Waals surface area contributed by atoms with Crippen LogP contribution in [0.15, 0.2) is 78.4 Å². The smallest absolute Gasteiger partial charge is 0.319 e. The fraction of sp³-hybridized carbons (Fsp3) is 0.103. The van der Waals surface area contributed by atoms with Crippen molar-refractivity contribution in [1.29, 1.82) is 0 Å². The quantitative estimate of drug-likeness (QED) is 0.200. The van der Waals surface area contributed by atoms with Crippen molar-refractivity contribution in [2.45, 2.75) is 19.9 Å². The van der Waals surface area contributed by atoms with Gasteiger partial charge in [0.15, 0.2) is 0 Å². The van der Waals surface area contributed by atoms with E-state index < -0.39 is 0 Å². The number of urea groups is 1. The van der Waals surface area contributed by atoms with Crippen LogP contribution in [0, 0.1) is 6.92 Å². The topological polar surface area (TPSA) is 112 Å². The van der Waals surface area contributed by atoms with Crippen LogP contribution in [-0.4, -0.2) is 27.1 Å². The molecule has 0 saturated carbocycles. The zero-order valence-electron chi connectivity index (χ0n) is 20.7. The molecule has 0 atom stereocenters. The highest BCUT2D eigenvalue weighted by Crippen LogP contribution is 2.26. The van der Waals surface area contributed by atoms with Gasteiger partial charge in [-0.3, -0.25) is 14.9 Å². The molecule has 0 spiro atoms. The number of nitrogens with one attached hydrogen (secondary N) is 4. The number of hydrogen-bond donors (Lipinski definition) is 4. The van der Waals surface area contributed by atoms with E-state index in [2.05, 4.69) is 31.1 Å². The molecule has 0 saturated heterocycles. The highest BCUT2D eigenvalue weighted by atomic mass is 32.1. The van der Waals surface area contributed by atoms with Crippen LogP contribution in [0.2, 0.25) is 0 Å². The molecule has 9 heteroatoms. The molecule has 2 aromatic carbocycles. The summed E-state index contributed by atoms with van der Waals surface area (Å²) in [6.45, 7) is 2.35. The number of amides is 3. The van der Waals surface area contributed by atoms with Crippen molar-refractivity contribution in [1.82, 2.24) is 20.5 Å². The third-order valence-corrected chi connectivity index (χ3v) is 6.76. The molecule has 3 heterocycles. The van der Waals surface area contributed by atoms with Crippen LogP contribution in [0.25, 0.3) is 23.1 Å². The minimum atomic E-state index is -0.294. The second-order valence-corrected chi connectivity index (χ2v) is 9.79. The number of hydrogen-bond acceptors (Lipinski definition) is 5. The molecule has 5 rings (SSSR count). The molecule has 3 amide bonds. The van der Waals surface area contributed by atoms with E-state index >= 15 is 0 Å². The van der Waals surface area contributed by atoms with Gasteiger partial charge in [-0.05, 0) is 71.5 Å². The molecular formula is C29H26N6O2S. The molecule has 190 valence electrons. The average molecular weight is 523 g/mol. The number of anilines is 2. The molecule has 0 bridgehead atoms. The number of aromatic nitrogens is 3. The molecular weight excluding hydrogens is 496 g/mol. The lowest BCUT2D eigenvalue weighted by atomic mass is 10.1. The van der Waals surface area contributed by atoms with Gasteiger partial charge < -0.3 is 16.0 Å². The summed E-state index contributed by atoms with van der Waals surface area (Å²) in [7, 11) is 0. The third-order valence-electron chi connectivity index (χ3n) is 5.88. The van der Waals surface area contributed by atoms with Gasteiger partial charge in [-0.1, -0.05) is 30.3 Å². The first-order valence-electron chi connectivity index (χ1n) is 12.1. The van der Waals surface area contributed by atoms with E-state index in [4.69, 9.17) is 0 Å². The Bertz CT molecular complexity index is 1590. The highest BCUT2D eigenvalue weighted by molar-refractivity contribution is 7.10. The molecule has 0 fully saturated rings. The molecule has 0 radical (unpaired) electrons. The van der Waals surface area contributed by atoms with E-state index in [0.29, 0.717) is 18.7 Å². The summed E-state index contributed by atoms with van der Waals surface area (Å²) >= 11 is 1.57.